The van der Waals surface area contributed by atoms with Crippen LogP contribution in [0.25, 0.3) is 0 Å². The Morgan fingerprint density at radius 2 is 1.83 bits per heavy atom. The first-order chi connectivity index (χ1) is 14.4. The van der Waals surface area contributed by atoms with Gasteiger partial charge >= 0.3 is 0 Å². The lowest BCUT2D eigenvalue weighted by atomic mass is 10.1. The molecule has 30 heavy (non-hydrogen) atoms. The number of halogens is 1. The van der Waals surface area contributed by atoms with Crippen LogP contribution in [0.1, 0.15) is 52.6 Å². The fourth-order valence-electron chi connectivity index (χ4n) is 3.76. The molecule has 0 saturated heterocycles. The molecule has 1 aromatic heterocycles. The lowest BCUT2D eigenvalue weighted by Gasteiger charge is -2.25. The van der Waals surface area contributed by atoms with E-state index in [0.29, 0.717) is 11.3 Å². The number of amides is 2. The third-order valence-corrected chi connectivity index (χ3v) is 5.35. The van der Waals surface area contributed by atoms with Crippen molar-refractivity contribution in [3.05, 3.63) is 95.1 Å². The number of hydrogen-bond donors (Lipinski definition) is 1. The van der Waals surface area contributed by atoms with Crippen molar-refractivity contribution in [3.8, 4) is 0 Å². The Hall–Kier alpha value is -3.54. The first-order valence-electron chi connectivity index (χ1n) is 9.84. The van der Waals surface area contributed by atoms with Gasteiger partial charge in [0.25, 0.3) is 5.91 Å². The number of carbonyl (C=O) groups excluding carboxylic acids is 2. The topological polar surface area (TPSA) is 62.3 Å². The molecular formula is C24H22FN3O2. The maximum atomic E-state index is 13.2. The van der Waals surface area contributed by atoms with Crippen LogP contribution < -0.4 is 10.2 Å². The lowest BCUT2D eigenvalue weighted by Crippen LogP contribution is -2.34. The van der Waals surface area contributed by atoms with Gasteiger partial charge in [0.1, 0.15) is 5.82 Å². The minimum atomic E-state index is -0.489. The van der Waals surface area contributed by atoms with Crippen LogP contribution in [-0.2, 0) is 4.79 Å². The number of hydrogen-bond acceptors (Lipinski definition) is 3. The molecule has 0 unspecified atom stereocenters. The molecule has 0 bridgehead atoms. The molecule has 0 radical (unpaired) electrons. The van der Waals surface area contributed by atoms with Crippen molar-refractivity contribution in [1.82, 2.24) is 10.3 Å². The summed E-state index contributed by atoms with van der Waals surface area (Å²) >= 11 is 0. The number of nitrogens with one attached hydrogen (secondary N) is 1. The molecular weight excluding hydrogens is 381 g/mol. The second kappa shape index (κ2) is 8.06. The summed E-state index contributed by atoms with van der Waals surface area (Å²) in [6.07, 6.45) is 1.71. The molecule has 2 amide bonds. The Labute approximate surface area is 174 Å². The van der Waals surface area contributed by atoms with Crippen LogP contribution in [0.2, 0.25) is 0 Å². The summed E-state index contributed by atoms with van der Waals surface area (Å²) in [6.45, 7) is 3.82. The molecule has 1 aliphatic rings. The molecule has 3 aromatic rings. The van der Waals surface area contributed by atoms with Crippen molar-refractivity contribution in [2.24, 2.45) is 0 Å². The monoisotopic (exact) mass is 403 g/mol. The summed E-state index contributed by atoms with van der Waals surface area (Å²) in [5.74, 6) is -0.690. The fraction of sp³-hybridized carbons (Fsp3) is 0.208. The second-order valence-electron chi connectivity index (χ2n) is 7.51. The molecule has 2 atom stereocenters. The van der Waals surface area contributed by atoms with Gasteiger partial charge in [0.05, 0.1) is 29.8 Å². The quantitative estimate of drug-likeness (QED) is 0.682. The van der Waals surface area contributed by atoms with Crippen molar-refractivity contribution in [2.75, 3.05) is 4.90 Å². The average molecular weight is 403 g/mol. The summed E-state index contributed by atoms with van der Waals surface area (Å²) < 4.78 is 13.2. The summed E-state index contributed by atoms with van der Waals surface area (Å²) in [5, 5.41) is 2.94. The number of nitrogens with zero attached hydrogens (tertiary/aromatic N) is 2. The molecule has 1 N–H and O–H groups in total. The molecule has 5 nitrogen and oxygen atoms in total. The predicted octanol–water partition coefficient (Wildman–Crippen LogP) is 4.50. The van der Waals surface area contributed by atoms with E-state index in [1.165, 1.54) is 12.1 Å². The highest BCUT2D eigenvalue weighted by atomic mass is 19.1. The number of pyridine rings is 1. The molecule has 0 saturated carbocycles. The van der Waals surface area contributed by atoms with Gasteiger partial charge in [-0.25, -0.2) is 4.39 Å². The molecule has 1 aliphatic heterocycles. The minimum absolute atomic E-state index is 0.0785. The Balaban J connectivity index is 1.58. The highest BCUT2D eigenvalue weighted by Crippen LogP contribution is 2.38. The number of benzene rings is 2. The molecule has 0 spiro atoms. The standard InChI is InChI=1S/C24H22FN3O2/c1-15-5-11-19(12-6-15)28-21(23-20(24(28)30)4-3-13-26-23)14-22(29)27-16(2)17-7-9-18(25)10-8-17/h3-13,16,21H,14H2,1-2H3,(H,27,29)/t16-,21+/m0/s1. The predicted molar refractivity (Wildman–Crippen MR) is 113 cm³/mol. The SMILES string of the molecule is Cc1ccc(N2C(=O)c3cccnc3[C@H]2CC(=O)N[C@@H](C)c2ccc(F)cc2)cc1. The van der Waals surface area contributed by atoms with Gasteiger partial charge in [0.15, 0.2) is 0 Å². The normalized spacial score (nSPS) is 16.3. The van der Waals surface area contributed by atoms with Crippen LogP contribution in [0, 0.1) is 12.7 Å². The molecule has 0 aliphatic carbocycles. The maximum Gasteiger partial charge on any atom is 0.260 e. The van der Waals surface area contributed by atoms with E-state index in [2.05, 4.69) is 10.3 Å². The maximum absolute atomic E-state index is 13.2. The summed E-state index contributed by atoms with van der Waals surface area (Å²) in [5.41, 5.74) is 3.74. The van der Waals surface area contributed by atoms with Crippen LogP contribution in [-0.4, -0.2) is 16.8 Å². The van der Waals surface area contributed by atoms with Gasteiger partial charge in [0.2, 0.25) is 5.91 Å². The first kappa shape index (κ1) is 19.8. The molecule has 2 heterocycles. The Morgan fingerprint density at radius 3 is 2.53 bits per heavy atom. The number of aromatic nitrogens is 1. The van der Waals surface area contributed by atoms with Crippen molar-refractivity contribution in [3.63, 3.8) is 0 Å². The fourth-order valence-corrected chi connectivity index (χ4v) is 3.76. The zero-order valence-corrected chi connectivity index (χ0v) is 16.8. The molecule has 152 valence electrons. The van der Waals surface area contributed by atoms with Crippen LogP contribution in [0.5, 0.6) is 0 Å². The Bertz CT molecular complexity index is 1080. The minimum Gasteiger partial charge on any atom is -0.350 e. The number of aryl methyl sites for hydroxylation is 1. The van der Waals surface area contributed by atoms with Gasteiger partial charge in [-0.3, -0.25) is 19.5 Å². The molecule has 2 aromatic carbocycles. The van der Waals surface area contributed by atoms with E-state index >= 15 is 0 Å². The lowest BCUT2D eigenvalue weighted by molar-refractivity contribution is -0.122. The van der Waals surface area contributed by atoms with Gasteiger partial charge in [0, 0.05) is 11.9 Å². The average Bonchev–Trinajstić information content (AvgIpc) is 3.01. The van der Waals surface area contributed by atoms with Gasteiger partial charge in [-0.1, -0.05) is 29.8 Å². The van der Waals surface area contributed by atoms with E-state index in [1.54, 1.807) is 35.4 Å². The summed E-state index contributed by atoms with van der Waals surface area (Å²) in [6, 6.07) is 16.4. The van der Waals surface area contributed by atoms with Crippen LogP contribution in [0.15, 0.2) is 66.9 Å². The van der Waals surface area contributed by atoms with E-state index in [-0.39, 0.29) is 30.1 Å². The van der Waals surface area contributed by atoms with Crippen molar-refractivity contribution < 1.29 is 14.0 Å². The summed E-state index contributed by atoms with van der Waals surface area (Å²) in [7, 11) is 0. The van der Waals surface area contributed by atoms with E-state index in [0.717, 1.165) is 16.8 Å². The van der Waals surface area contributed by atoms with Gasteiger partial charge in [-0.05, 0) is 55.8 Å². The van der Waals surface area contributed by atoms with Gasteiger partial charge in [-0.2, -0.15) is 0 Å². The van der Waals surface area contributed by atoms with E-state index in [9.17, 15) is 14.0 Å². The van der Waals surface area contributed by atoms with Crippen LogP contribution in [0.4, 0.5) is 10.1 Å². The number of anilines is 1. The van der Waals surface area contributed by atoms with Crippen molar-refractivity contribution >= 4 is 17.5 Å². The zero-order valence-electron chi connectivity index (χ0n) is 16.8. The third kappa shape index (κ3) is 3.81. The van der Waals surface area contributed by atoms with Gasteiger partial charge in [-0.15, -0.1) is 0 Å². The first-order valence-corrected chi connectivity index (χ1v) is 9.84. The smallest absolute Gasteiger partial charge is 0.260 e. The van der Waals surface area contributed by atoms with Crippen molar-refractivity contribution in [2.45, 2.75) is 32.4 Å². The Kier molecular flexibility index (Phi) is 5.31. The van der Waals surface area contributed by atoms with E-state index < -0.39 is 6.04 Å². The van der Waals surface area contributed by atoms with Crippen molar-refractivity contribution in [1.29, 1.82) is 0 Å². The van der Waals surface area contributed by atoms with Gasteiger partial charge < -0.3 is 5.32 Å². The Morgan fingerprint density at radius 1 is 1.13 bits per heavy atom. The van der Waals surface area contributed by atoms with E-state index in [4.69, 9.17) is 0 Å². The molecule has 6 heteroatoms. The number of carbonyl (C=O) groups is 2. The zero-order chi connectivity index (χ0) is 21.3. The second-order valence-corrected chi connectivity index (χ2v) is 7.51. The third-order valence-electron chi connectivity index (χ3n) is 5.35. The molecule has 0 fully saturated rings. The largest absolute Gasteiger partial charge is 0.350 e. The van der Waals surface area contributed by atoms with E-state index in [1.807, 2.05) is 38.1 Å². The number of fused-ring (bicyclic) bond motifs is 1. The molecule has 4 rings (SSSR count). The highest BCUT2D eigenvalue weighted by Gasteiger charge is 2.40. The number of rotatable bonds is 5. The highest BCUT2D eigenvalue weighted by molar-refractivity contribution is 6.11. The van der Waals surface area contributed by atoms with Crippen LogP contribution >= 0.6 is 0 Å². The van der Waals surface area contributed by atoms with Crippen LogP contribution in [0.3, 0.4) is 0 Å². The summed E-state index contributed by atoms with van der Waals surface area (Å²) in [4.78, 5) is 32.0.